The van der Waals surface area contributed by atoms with Crippen molar-refractivity contribution in [3.05, 3.63) is 34.9 Å². The number of benzene rings is 1. The molecule has 80 valence electrons. The minimum Gasteiger partial charge on any atom is -0.0625 e. The van der Waals surface area contributed by atoms with Gasteiger partial charge in [-0.25, -0.2) is 0 Å². The van der Waals surface area contributed by atoms with Gasteiger partial charge in [-0.3, -0.25) is 0 Å². The molecule has 0 nitrogen and oxygen atoms in total. The van der Waals surface area contributed by atoms with Crippen LogP contribution in [0, 0.1) is 12.8 Å². The molecule has 3 aliphatic rings. The molecular weight excluding hydrogens is 180 g/mol. The van der Waals surface area contributed by atoms with Gasteiger partial charge in [-0.2, -0.15) is 0 Å². The van der Waals surface area contributed by atoms with Crippen molar-refractivity contribution in [2.75, 3.05) is 0 Å². The van der Waals surface area contributed by atoms with E-state index < -0.39 is 0 Å². The van der Waals surface area contributed by atoms with Crippen LogP contribution in [-0.2, 0) is 0 Å². The highest BCUT2D eigenvalue weighted by Gasteiger charge is 2.32. The molecule has 1 fully saturated rings. The van der Waals surface area contributed by atoms with Crippen LogP contribution in [0.5, 0.6) is 0 Å². The Hall–Kier alpha value is -0.780. The summed E-state index contributed by atoms with van der Waals surface area (Å²) >= 11 is 0. The maximum atomic E-state index is 2.45. The van der Waals surface area contributed by atoms with Crippen LogP contribution in [0.15, 0.2) is 18.2 Å². The van der Waals surface area contributed by atoms with Gasteiger partial charge >= 0.3 is 0 Å². The fraction of sp³-hybridized carbons (Fsp3) is 0.600. The first-order chi connectivity index (χ1) is 7.24. The van der Waals surface area contributed by atoms with Crippen LogP contribution in [0.2, 0.25) is 0 Å². The van der Waals surface area contributed by atoms with E-state index in [1.54, 1.807) is 11.1 Å². The zero-order chi connectivity index (χ0) is 10.4. The Kier molecular flexibility index (Phi) is 2.12. The van der Waals surface area contributed by atoms with E-state index in [2.05, 4.69) is 32.0 Å². The van der Waals surface area contributed by atoms with Crippen LogP contribution < -0.4 is 0 Å². The van der Waals surface area contributed by atoms with Crippen molar-refractivity contribution in [3.8, 4) is 0 Å². The largest absolute Gasteiger partial charge is 0.0625 e. The molecule has 0 radical (unpaired) electrons. The fourth-order valence-electron chi connectivity index (χ4n) is 3.69. The maximum Gasteiger partial charge on any atom is -0.0156 e. The summed E-state index contributed by atoms with van der Waals surface area (Å²) in [6, 6.07) is 7.15. The van der Waals surface area contributed by atoms with Gasteiger partial charge in [-0.1, -0.05) is 30.7 Å². The molecule has 0 aliphatic heterocycles. The summed E-state index contributed by atoms with van der Waals surface area (Å²) in [5.74, 6) is 2.67. The molecule has 3 unspecified atom stereocenters. The van der Waals surface area contributed by atoms with Gasteiger partial charge < -0.3 is 0 Å². The second-order valence-corrected chi connectivity index (χ2v) is 5.68. The van der Waals surface area contributed by atoms with Crippen molar-refractivity contribution in [1.82, 2.24) is 0 Å². The first-order valence-corrected chi connectivity index (χ1v) is 6.34. The van der Waals surface area contributed by atoms with Crippen molar-refractivity contribution in [2.24, 2.45) is 5.92 Å². The molecule has 0 N–H and O–H groups in total. The van der Waals surface area contributed by atoms with E-state index in [0.29, 0.717) is 0 Å². The molecule has 1 saturated carbocycles. The van der Waals surface area contributed by atoms with E-state index in [1.807, 2.05) is 0 Å². The van der Waals surface area contributed by atoms with E-state index in [4.69, 9.17) is 0 Å². The third-order valence-corrected chi connectivity index (χ3v) is 4.36. The van der Waals surface area contributed by atoms with E-state index in [0.717, 1.165) is 17.8 Å². The van der Waals surface area contributed by atoms with Crippen molar-refractivity contribution < 1.29 is 0 Å². The maximum absolute atomic E-state index is 2.45. The van der Waals surface area contributed by atoms with Crippen molar-refractivity contribution in [2.45, 2.75) is 51.4 Å². The zero-order valence-corrected chi connectivity index (χ0v) is 9.79. The van der Waals surface area contributed by atoms with Gasteiger partial charge in [0.25, 0.3) is 0 Å². The number of hydrogen-bond acceptors (Lipinski definition) is 0. The average molecular weight is 200 g/mol. The lowest BCUT2D eigenvalue weighted by Crippen LogP contribution is -2.10. The summed E-state index contributed by atoms with van der Waals surface area (Å²) < 4.78 is 0. The lowest BCUT2D eigenvalue weighted by Gasteiger charge is -2.27. The van der Waals surface area contributed by atoms with E-state index in [9.17, 15) is 0 Å². The van der Waals surface area contributed by atoms with E-state index >= 15 is 0 Å². The Morgan fingerprint density at radius 3 is 2.40 bits per heavy atom. The highest BCUT2D eigenvalue weighted by molar-refractivity contribution is 5.39. The van der Waals surface area contributed by atoms with Crippen LogP contribution in [0.1, 0.15) is 61.1 Å². The molecule has 0 saturated heterocycles. The number of rotatable bonds is 0. The molecule has 15 heavy (non-hydrogen) atoms. The predicted molar refractivity (Wildman–Crippen MR) is 64.3 cm³/mol. The predicted octanol–water partition coefficient (Wildman–Crippen LogP) is 4.39. The minimum absolute atomic E-state index is 0.869. The summed E-state index contributed by atoms with van der Waals surface area (Å²) in [7, 11) is 0. The van der Waals surface area contributed by atoms with E-state index in [-0.39, 0.29) is 0 Å². The van der Waals surface area contributed by atoms with Crippen LogP contribution in [0.4, 0.5) is 0 Å². The molecule has 4 rings (SSSR count). The quantitative estimate of drug-likeness (QED) is 0.583. The smallest absolute Gasteiger partial charge is 0.0156 e. The van der Waals surface area contributed by atoms with Gasteiger partial charge in [0.1, 0.15) is 0 Å². The van der Waals surface area contributed by atoms with Gasteiger partial charge in [0.05, 0.1) is 0 Å². The second kappa shape index (κ2) is 3.37. The van der Waals surface area contributed by atoms with Gasteiger partial charge in [0.15, 0.2) is 0 Å². The topological polar surface area (TPSA) is 0 Å². The summed E-state index contributed by atoms with van der Waals surface area (Å²) in [4.78, 5) is 0. The number of fused-ring (bicyclic) bond motifs is 3. The Labute approximate surface area is 92.7 Å². The molecule has 0 heterocycles. The summed E-state index contributed by atoms with van der Waals surface area (Å²) in [6.07, 6.45) is 5.72. The molecule has 3 atom stereocenters. The molecule has 1 aromatic carbocycles. The third-order valence-electron chi connectivity index (χ3n) is 4.36. The van der Waals surface area contributed by atoms with Gasteiger partial charge in [0, 0.05) is 0 Å². The molecule has 0 heteroatoms. The van der Waals surface area contributed by atoms with Crippen LogP contribution in [0.25, 0.3) is 0 Å². The monoisotopic (exact) mass is 200 g/mol. The number of aryl methyl sites for hydroxylation is 1. The molecule has 2 bridgehead atoms. The van der Waals surface area contributed by atoms with Crippen molar-refractivity contribution in [3.63, 3.8) is 0 Å². The van der Waals surface area contributed by atoms with Crippen LogP contribution >= 0.6 is 0 Å². The normalized spacial score (nSPS) is 33.6. The SMILES string of the molecule is Cc1ccc2c(c1)C1CCC2CC(C)C1. The molecule has 1 aromatic rings. The number of hydrogen-bond donors (Lipinski definition) is 0. The van der Waals surface area contributed by atoms with Gasteiger partial charge in [0.2, 0.25) is 0 Å². The van der Waals surface area contributed by atoms with Crippen molar-refractivity contribution in [1.29, 1.82) is 0 Å². The summed E-state index contributed by atoms with van der Waals surface area (Å²) in [6.45, 7) is 4.66. The summed E-state index contributed by atoms with van der Waals surface area (Å²) in [5.41, 5.74) is 4.81. The lowest BCUT2D eigenvalue weighted by atomic mass is 9.78. The first-order valence-electron chi connectivity index (χ1n) is 6.34. The molecular formula is C15H20. The third kappa shape index (κ3) is 1.51. The second-order valence-electron chi connectivity index (χ2n) is 5.68. The Bertz CT molecular complexity index is 378. The Morgan fingerprint density at radius 2 is 1.67 bits per heavy atom. The highest BCUT2D eigenvalue weighted by atomic mass is 14.4. The Morgan fingerprint density at radius 1 is 1.00 bits per heavy atom. The van der Waals surface area contributed by atoms with Gasteiger partial charge in [-0.05, 0) is 61.5 Å². The fourth-order valence-corrected chi connectivity index (χ4v) is 3.69. The molecule has 0 aromatic heterocycles. The Balaban J connectivity index is 2.12. The van der Waals surface area contributed by atoms with Crippen LogP contribution in [-0.4, -0.2) is 0 Å². The van der Waals surface area contributed by atoms with E-state index in [1.165, 1.54) is 31.2 Å². The first kappa shape index (κ1) is 9.45. The van der Waals surface area contributed by atoms with Crippen LogP contribution in [0.3, 0.4) is 0 Å². The molecule has 0 spiro atoms. The average Bonchev–Trinajstić information content (AvgIpc) is 2.46. The lowest BCUT2D eigenvalue weighted by molar-refractivity contribution is 0.475. The molecule has 0 amide bonds. The highest BCUT2D eigenvalue weighted by Crippen LogP contribution is 2.48. The minimum atomic E-state index is 0.869. The van der Waals surface area contributed by atoms with Gasteiger partial charge in [-0.15, -0.1) is 0 Å². The summed E-state index contributed by atoms with van der Waals surface area (Å²) in [5, 5.41) is 0. The zero-order valence-electron chi connectivity index (χ0n) is 9.79. The standard InChI is InChI=1S/C15H20/c1-10-3-6-14-12-4-5-13(15(14)9-10)8-11(2)7-12/h3,6,9,11-13H,4-5,7-8H2,1-2H3. The van der Waals surface area contributed by atoms with Crippen molar-refractivity contribution >= 4 is 0 Å². The molecule has 3 aliphatic carbocycles.